The minimum absolute atomic E-state index is 0.156. The molecule has 2 aromatic carbocycles. The maximum atomic E-state index is 12.5. The quantitative estimate of drug-likeness (QED) is 0.767. The summed E-state index contributed by atoms with van der Waals surface area (Å²) in [7, 11) is 1.59. The van der Waals surface area contributed by atoms with Crippen molar-refractivity contribution in [1.29, 1.82) is 0 Å². The molecule has 0 atom stereocenters. The molecule has 0 aliphatic carbocycles. The van der Waals surface area contributed by atoms with Gasteiger partial charge in [0.15, 0.2) is 5.76 Å². The normalized spacial score (nSPS) is 10.7. The molecule has 25 heavy (non-hydrogen) atoms. The number of carbonyl (C=O) groups excluding carboxylic acids is 2. The van der Waals surface area contributed by atoms with Crippen LogP contribution in [0.1, 0.15) is 37.6 Å². The van der Waals surface area contributed by atoms with Gasteiger partial charge in [0, 0.05) is 30.1 Å². The van der Waals surface area contributed by atoms with Gasteiger partial charge in [-0.15, -0.1) is 0 Å². The van der Waals surface area contributed by atoms with Crippen molar-refractivity contribution in [3.05, 3.63) is 70.5 Å². The van der Waals surface area contributed by atoms with Crippen LogP contribution in [0, 0.1) is 13.8 Å². The molecule has 128 valence electrons. The Hall–Kier alpha value is -3.08. The predicted octanol–water partition coefficient (Wildman–Crippen LogP) is 3.34. The van der Waals surface area contributed by atoms with Crippen molar-refractivity contribution >= 4 is 22.8 Å². The van der Waals surface area contributed by atoms with Gasteiger partial charge in [-0.05, 0) is 37.1 Å². The maximum absolute atomic E-state index is 12.5. The van der Waals surface area contributed by atoms with Crippen LogP contribution in [0.25, 0.3) is 11.0 Å². The molecule has 0 saturated heterocycles. The molecule has 0 spiro atoms. The summed E-state index contributed by atoms with van der Waals surface area (Å²) >= 11 is 0. The monoisotopic (exact) mass is 336 g/mol. The number of rotatable bonds is 4. The van der Waals surface area contributed by atoms with Gasteiger partial charge in [-0.1, -0.05) is 30.3 Å². The topological polar surface area (TPSA) is 71.3 Å². The Kier molecular flexibility index (Phi) is 4.57. The van der Waals surface area contributed by atoms with E-state index in [-0.39, 0.29) is 11.8 Å². The summed E-state index contributed by atoms with van der Waals surface area (Å²) in [5, 5.41) is 6.39. The Balaban J connectivity index is 1.78. The van der Waals surface area contributed by atoms with E-state index < -0.39 is 0 Å². The Morgan fingerprint density at radius 2 is 1.80 bits per heavy atom. The van der Waals surface area contributed by atoms with Gasteiger partial charge in [0.1, 0.15) is 5.58 Å². The van der Waals surface area contributed by atoms with Crippen LogP contribution in [-0.4, -0.2) is 18.9 Å². The highest BCUT2D eigenvalue weighted by Crippen LogP contribution is 2.27. The third-order valence-electron chi connectivity index (χ3n) is 4.24. The van der Waals surface area contributed by atoms with Crippen LogP contribution in [-0.2, 0) is 6.54 Å². The smallest absolute Gasteiger partial charge is 0.287 e. The summed E-state index contributed by atoms with van der Waals surface area (Å²) in [6.07, 6.45) is 0. The first-order valence-electron chi connectivity index (χ1n) is 8.09. The largest absolute Gasteiger partial charge is 0.450 e. The Labute approximate surface area is 146 Å². The standard InChI is InChI=1S/C20H20N2O3/c1-12-6-4-9-16-13(2)18(25-17(12)16)20(24)22-11-14-7-5-8-15(10-14)19(23)21-3/h4-10H,11H2,1-3H3,(H,21,23)(H,22,24). The summed E-state index contributed by atoms with van der Waals surface area (Å²) in [6, 6.07) is 13.0. The Bertz CT molecular complexity index is 957. The number of aryl methyl sites for hydroxylation is 2. The van der Waals surface area contributed by atoms with Gasteiger partial charge in [0.2, 0.25) is 0 Å². The summed E-state index contributed by atoms with van der Waals surface area (Å²) in [4.78, 5) is 24.2. The fourth-order valence-corrected chi connectivity index (χ4v) is 2.83. The van der Waals surface area contributed by atoms with Crippen LogP contribution in [0.5, 0.6) is 0 Å². The average molecular weight is 336 g/mol. The second-order valence-corrected chi connectivity index (χ2v) is 5.97. The average Bonchev–Trinajstić information content (AvgIpc) is 2.98. The molecular formula is C20H20N2O3. The molecule has 5 heteroatoms. The summed E-state index contributed by atoms with van der Waals surface area (Å²) in [5.74, 6) is -0.0954. The molecule has 3 rings (SSSR count). The van der Waals surface area contributed by atoms with Gasteiger partial charge in [-0.2, -0.15) is 0 Å². The van der Waals surface area contributed by atoms with Crippen LogP contribution in [0.15, 0.2) is 46.9 Å². The van der Waals surface area contributed by atoms with Crippen molar-refractivity contribution in [2.24, 2.45) is 0 Å². The fraction of sp³-hybridized carbons (Fsp3) is 0.200. The first-order valence-corrected chi connectivity index (χ1v) is 8.09. The number of furan rings is 1. The van der Waals surface area contributed by atoms with Crippen LogP contribution in [0.4, 0.5) is 0 Å². The number of amides is 2. The van der Waals surface area contributed by atoms with E-state index in [1.165, 1.54) is 0 Å². The molecule has 0 radical (unpaired) electrons. The number of para-hydroxylation sites is 1. The van der Waals surface area contributed by atoms with Crippen molar-refractivity contribution in [3.63, 3.8) is 0 Å². The second-order valence-electron chi connectivity index (χ2n) is 5.97. The first-order chi connectivity index (χ1) is 12.0. The van der Waals surface area contributed by atoms with Crippen molar-refractivity contribution in [2.45, 2.75) is 20.4 Å². The maximum Gasteiger partial charge on any atom is 0.287 e. The fourth-order valence-electron chi connectivity index (χ4n) is 2.83. The highest BCUT2D eigenvalue weighted by atomic mass is 16.3. The lowest BCUT2D eigenvalue weighted by molar-refractivity contribution is 0.0923. The SMILES string of the molecule is CNC(=O)c1cccc(CNC(=O)c2oc3c(C)cccc3c2C)c1. The van der Waals surface area contributed by atoms with E-state index in [9.17, 15) is 9.59 Å². The molecule has 0 bridgehead atoms. The molecule has 0 unspecified atom stereocenters. The van der Waals surface area contributed by atoms with E-state index >= 15 is 0 Å². The van der Waals surface area contributed by atoms with Gasteiger partial charge in [-0.25, -0.2) is 0 Å². The van der Waals surface area contributed by atoms with Gasteiger partial charge < -0.3 is 15.1 Å². The molecule has 2 N–H and O–H groups in total. The minimum atomic E-state index is -0.265. The van der Waals surface area contributed by atoms with Crippen molar-refractivity contribution in [2.75, 3.05) is 7.05 Å². The Morgan fingerprint density at radius 1 is 1.04 bits per heavy atom. The second kappa shape index (κ2) is 6.81. The molecule has 1 aromatic heterocycles. The number of benzene rings is 2. The molecular weight excluding hydrogens is 316 g/mol. The van der Waals surface area contributed by atoms with Crippen LogP contribution >= 0.6 is 0 Å². The minimum Gasteiger partial charge on any atom is -0.450 e. The molecule has 1 heterocycles. The molecule has 0 fully saturated rings. The van der Waals surface area contributed by atoms with Crippen LogP contribution < -0.4 is 10.6 Å². The number of hydrogen-bond acceptors (Lipinski definition) is 3. The number of nitrogens with one attached hydrogen (secondary N) is 2. The van der Waals surface area contributed by atoms with Crippen molar-refractivity contribution in [1.82, 2.24) is 10.6 Å². The highest BCUT2D eigenvalue weighted by molar-refractivity contribution is 5.99. The molecule has 0 aliphatic rings. The van der Waals surface area contributed by atoms with Gasteiger partial charge in [0.05, 0.1) is 0 Å². The van der Waals surface area contributed by atoms with Crippen LogP contribution in [0.2, 0.25) is 0 Å². The zero-order valence-electron chi connectivity index (χ0n) is 14.5. The molecule has 0 aliphatic heterocycles. The van der Waals surface area contributed by atoms with Crippen molar-refractivity contribution < 1.29 is 14.0 Å². The number of hydrogen-bond donors (Lipinski definition) is 2. The van der Waals surface area contributed by atoms with E-state index in [0.717, 1.165) is 27.7 Å². The zero-order chi connectivity index (χ0) is 18.0. The summed E-state index contributed by atoms with van der Waals surface area (Å²) in [5.41, 5.74) is 3.98. The van der Waals surface area contributed by atoms with E-state index in [1.807, 2.05) is 38.1 Å². The molecule has 2 amide bonds. The molecule has 5 nitrogen and oxygen atoms in total. The molecule has 0 saturated carbocycles. The van der Waals surface area contributed by atoms with E-state index in [0.29, 0.717) is 17.9 Å². The zero-order valence-corrected chi connectivity index (χ0v) is 14.5. The summed E-state index contributed by atoms with van der Waals surface area (Å²) < 4.78 is 5.78. The molecule has 3 aromatic rings. The van der Waals surface area contributed by atoms with Crippen LogP contribution in [0.3, 0.4) is 0 Å². The van der Waals surface area contributed by atoms with Crippen molar-refractivity contribution in [3.8, 4) is 0 Å². The lowest BCUT2D eigenvalue weighted by Crippen LogP contribution is -2.23. The van der Waals surface area contributed by atoms with E-state index in [2.05, 4.69) is 10.6 Å². The van der Waals surface area contributed by atoms with Gasteiger partial charge >= 0.3 is 0 Å². The lowest BCUT2D eigenvalue weighted by Gasteiger charge is -2.06. The predicted molar refractivity (Wildman–Crippen MR) is 96.7 cm³/mol. The lowest BCUT2D eigenvalue weighted by atomic mass is 10.1. The highest BCUT2D eigenvalue weighted by Gasteiger charge is 2.18. The third-order valence-corrected chi connectivity index (χ3v) is 4.24. The van der Waals surface area contributed by atoms with E-state index in [4.69, 9.17) is 4.42 Å². The van der Waals surface area contributed by atoms with Gasteiger partial charge in [-0.3, -0.25) is 9.59 Å². The summed E-state index contributed by atoms with van der Waals surface area (Å²) in [6.45, 7) is 4.16. The Morgan fingerprint density at radius 3 is 2.52 bits per heavy atom. The van der Waals surface area contributed by atoms with Gasteiger partial charge in [0.25, 0.3) is 11.8 Å². The third kappa shape index (κ3) is 3.26. The number of carbonyl (C=O) groups is 2. The number of fused-ring (bicyclic) bond motifs is 1. The first kappa shape index (κ1) is 16.8. The van der Waals surface area contributed by atoms with E-state index in [1.54, 1.807) is 25.2 Å².